The number of hydrogen-bond acceptors (Lipinski definition) is 2. The van der Waals surface area contributed by atoms with Gasteiger partial charge in [-0.3, -0.25) is 4.79 Å². The van der Waals surface area contributed by atoms with Crippen molar-refractivity contribution in [2.75, 3.05) is 6.54 Å². The molecule has 0 bridgehead atoms. The van der Waals surface area contributed by atoms with Gasteiger partial charge in [-0.1, -0.05) is 24.3 Å². The second-order valence-corrected chi connectivity index (χ2v) is 5.88. The molecule has 1 aliphatic rings. The van der Waals surface area contributed by atoms with Crippen molar-refractivity contribution in [3.8, 4) is 0 Å². The average molecular weight is 283 g/mol. The fourth-order valence-corrected chi connectivity index (χ4v) is 2.31. The minimum Gasteiger partial charge on any atom is -0.350 e. The first-order chi connectivity index (χ1) is 8.44. The lowest BCUT2D eigenvalue weighted by atomic mass is 10.0. The third-order valence-electron chi connectivity index (χ3n) is 3.69. The predicted molar refractivity (Wildman–Crippen MR) is 80.6 cm³/mol. The molecule has 0 spiro atoms. The largest absolute Gasteiger partial charge is 0.350 e. The first-order valence-corrected chi connectivity index (χ1v) is 6.52. The van der Waals surface area contributed by atoms with Crippen LogP contribution in [0.25, 0.3) is 0 Å². The summed E-state index contributed by atoms with van der Waals surface area (Å²) >= 11 is 0. The molecular formula is C15H23ClN2O. The molecule has 1 aromatic carbocycles. The Kier molecular flexibility index (Phi) is 4.99. The summed E-state index contributed by atoms with van der Waals surface area (Å²) in [6.45, 7) is 6.47. The lowest BCUT2D eigenvalue weighted by molar-refractivity contribution is -0.123. The summed E-state index contributed by atoms with van der Waals surface area (Å²) in [5.74, 6) is 0.649. The Labute approximate surface area is 121 Å². The normalized spacial score (nSPS) is 21.5. The Hall–Kier alpha value is -1.06. The summed E-state index contributed by atoms with van der Waals surface area (Å²) in [6, 6.07) is 8.31. The molecule has 0 saturated heterocycles. The van der Waals surface area contributed by atoms with E-state index in [2.05, 4.69) is 24.4 Å². The number of hydrogen-bond donors (Lipinski definition) is 2. The van der Waals surface area contributed by atoms with Gasteiger partial charge in [-0.2, -0.15) is 0 Å². The number of halogens is 1. The molecule has 1 aliphatic carbocycles. The first kappa shape index (κ1) is 16.0. The van der Waals surface area contributed by atoms with Crippen molar-refractivity contribution < 1.29 is 4.79 Å². The zero-order chi connectivity index (χ0) is 13.3. The molecule has 1 fully saturated rings. The van der Waals surface area contributed by atoms with E-state index in [1.165, 1.54) is 11.1 Å². The molecule has 2 atom stereocenters. The van der Waals surface area contributed by atoms with Crippen molar-refractivity contribution in [2.24, 2.45) is 11.7 Å². The van der Waals surface area contributed by atoms with E-state index in [0.717, 1.165) is 6.42 Å². The van der Waals surface area contributed by atoms with Gasteiger partial charge in [-0.15, -0.1) is 12.4 Å². The number of carbonyl (C=O) groups excluding carboxylic acids is 1. The van der Waals surface area contributed by atoms with E-state index in [4.69, 9.17) is 5.73 Å². The molecule has 1 saturated carbocycles. The molecule has 2 rings (SSSR count). The van der Waals surface area contributed by atoms with Crippen molar-refractivity contribution in [2.45, 2.75) is 38.6 Å². The Morgan fingerprint density at radius 2 is 2.05 bits per heavy atom. The van der Waals surface area contributed by atoms with Crippen LogP contribution in [0, 0.1) is 12.8 Å². The van der Waals surface area contributed by atoms with Crippen molar-refractivity contribution in [3.63, 3.8) is 0 Å². The average Bonchev–Trinajstić information content (AvgIpc) is 3.09. The molecular weight excluding hydrogens is 260 g/mol. The number of rotatable bonds is 4. The summed E-state index contributed by atoms with van der Waals surface area (Å²) in [6.07, 6.45) is 0.956. The van der Waals surface area contributed by atoms with Gasteiger partial charge in [0.25, 0.3) is 0 Å². The molecule has 19 heavy (non-hydrogen) atoms. The third kappa shape index (κ3) is 3.71. The van der Waals surface area contributed by atoms with Gasteiger partial charge in [0.2, 0.25) is 5.91 Å². The number of carbonyl (C=O) groups is 1. The summed E-state index contributed by atoms with van der Waals surface area (Å²) in [5.41, 5.74) is 7.90. The van der Waals surface area contributed by atoms with Crippen LogP contribution in [0.15, 0.2) is 24.3 Å². The molecule has 1 aromatic rings. The van der Waals surface area contributed by atoms with E-state index in [9.17, 15) is 4.79 Å². The second kappa shape index (κ2) is 5.93. The van der Waals surface area contributed by atoms with Crippen LogP contribution in [0.3, 0.4) is 0 Å². The lowest BCUT2D eigenvalue weighted by Crippen LogP contribution is -2.49. The van der Waals surface area contributed by atoms with E-state index in [0.29, 0.717) is 12.5 Å². The molecule has 0 aromatic heterocycles. The zero-order valence-electron chi connectivity index (χ0n) is 11.8. The highest BCUT2D eigenvalue weighted by molar-refractivity contribution is 5.85. The minimum absolute atomic E-state index is 0. The van der Waals surface area contributed by atoms with Crippen LogP contribution in [-0.4, -0.2) is 18.0 Å². The predicted octanol–water partition coefficient (Wildman–Crippen LogP) is 2.37. The molecule has 0 radical (unpaired) electrons. The van der Waals surface area contributed by atoms with Gasteiger partial charge in [0.15, 0.2) is 0 Å². The molecule has 0 heterocycles. The Morgan fingerprint density at radius 3 is 2.63 bits per heavy atom. The molecule has 1 amide bonds. The van der Waals surface area contributed by atoms with Crippen molar-refractivity contribution in [1.29, 1.82) is 0 Å². The van der Waals surface area contributed by atoms with Crippen LogP contribution in [-0.2, 0) is 4.79 Å². The first-order valence-electron chi connectivity index (χ1n) is 6.52. The van der Waals surface area contributed by atoms with Crippen molar-refractivity contribution in [1.82, 2.24) is 5.32 Å². The molecule has 2 unspecified atom stereocenters. The Balaban J connectivity index is 0.00000180. The van der Waals surface area contributed by atoms with Crippen molar-refractivity contribution in [3.05, 3.63) is 35.4 Å². The topological polar surface area (TPSA) is 55.1 Å². The minimum atomic E-state index is -0.310. The second-order valence-electron chi connectivity index (χ2n) is 5.88. The lowest BCUT2D eigenvalue weighted by Gasteiger charge is -2.24. The summed E-state index contributed by atoms with van der Waals surface area (Å²) in [7, 11) is 0. The molecule has 106 valence electrons. The smallest absolute Gasteiger partial charge is 0.224 e. The highest BCUT2D eigenvalue weighted by Crippen LogP contribution is 2.48. The fourth-order valence-electron chi connectivity index (χ4n) is 2.31. The maximum Gasteiger partial charge on any atom is 0.224 e. The van der Waals surface area contributed by atoms with Crippen LogP contribution < -0.4 is 11.1 Å². The van der Waals surface area contributed by atoms with Gasteiger partial charge in [-0.25, -0.2) is 0 Å². The van der Waals surface area contributed by atoms with Gasteiger partial charge >= 0.3 is 0 Å². The summed E-state index contributed by atoms with van der Waals surface area (Å²) in [4.78, 5) is 12.1. The molecule has 4 heteroatoms. The SMILES string of the molecule is Cc1ccccc1C1CC1C(=O)NC(C)(C)CN.Cl. The van der Waals surface area contributed by atoms with E-state index in [-0.39, 0.29) is 29.8 Å². The standard InChI is InChI=1S/C15H22N2O.ClH/c1-10-6-4-5-7-11(10)12-8-13(12)14(18)17-15(2,3)9-16;/h4-7,12-13H,8-9,16H2,1-3H3,(H,17,18);1H. The number of benzene rings is 1. The Bertz CT molecular complexity index is 459. The van der Waals surface area contributed by atoms with Crippen LogP contribution in [0.4, 0.5) is 0 Å². The van der Waals surface area contributed by atoms with Crippen LogP contribution in [0.2, 0.25) is 0 Å². The van der Waals surface area contributed by atoms with Crippen LogP contribution in [0.1, 0.15) is 37.3 Å². The molecule has 3 nitrogen and oxygen atoms in total. The number of aryl methyl sites for hydroxylation is 1. The van der Waals surface area contributed by atoms with E-state index in [1.54, 1.807) is 0 Å². The van der Waals surface area contributed by atoms with Gasteiger partial charge in [-0.05, 0) is 44.2 Å². The zero-order valence-corrected chi connectivity index (χ0v) is 12.6. The van der Waals surface area contributed by atoms with Gasteiger partial charge in [0, 0.05) is 18.0 Å². The monoisotopic (exact) mass is 282 g/mol. The maximum absolute atomic E-state index is 12.1. The van der Waals surface area contributed by atoms with Gasteiger partial charge < -0.3 is 11.1 Å². The highest BCUT2D eigenvalue weighted by Gasteiger charge is 2.45. The summed E-state index contributed by atoms with van der Waals surface area (Å²) < 4.78 is 0. The van der Waals surface area contributed by atoms with E-state index < -0.39 is 0 Å². The van der Waals surface area contributed by atoms with E-state index >= 15 is 0 Å². The van der Waals surface area contributed by atoms with Gasteiger partial charge in [0.05, 0.1) is 0 Å². The number of amides is 1. The number of nitrogens with two attached hydrogens (primary N) is 1. The molecule has 0 aliphatic heterocycles. The summed E-state index contributed by atoms with van der Waals surface area (Å²) in [5, 5.41) is 3.02. The van der Waals surface area contributed by atoms with E-state index in [1.807, 2.05) is 26.0 Å². The van der Waals surface area contributed by atoms with Crippen LogP contribution in [0.5, 0.6) is 0 Å². The number of nitrogens with one attached hydrogen (secondary N) is 1. The Morgan fingerprint density at radius 1 is 1.42 bits per heavy atom. The quantitative estimate of drug-likeness (QED) is 0.891. The van der Waals surface area contributed by atoms with Crippen LogP contribution >= 0.6 is 12.4 Å². The van der Waals surface area contributed by atoms with Gasteiger partial charge in [0.1, 0.15) is 0 Å². The van der Waals surface area contributed by atoms with Crippen molar-refractivity contribution >= 4 is 18.3 Å². The fraction of sp³-hybridized carbons (Fsp3) is 0.533. The molecule has 3 N–H and O–H groups in total. The highest BCUT2D eigenvalue weighted by atomic mass is 35.5. The maximum atomic E-state index is 12.1. The third-order valence-corrected chi connectivity index (χ3v) is 3.69.